The van der Waals surface area contributed by atoms with Gasteiger partial charge >= 0.3 is 0 Å². The fraction of sp³-hybridized carbons (Fsp3) is 0.278. The highest BCUT2D eigenvalue weighted by molar-refractivity contribution is 7.89. The summed E-state index contributed by atoms with van der Waals surface area (Å²) in [7, 11) is -4.97. The summed E-state index contributed by atoms with van der Waals surface area (Å²) in [4.78, 5) is 11.5. The number of rotatable bonds is 8. The SMILES string of the molecule is CCC(=O)Nc1ccc(S(=O)(=O)N[C@H](C[S@](C)=O)c2ccccc2)cc1. The van der Waals surface area contributed by atoms with Gasteiger partial charge in [0, 0.05) is 34.9 Å². The molecule has 2 aromatic carbocycles. The number of hydrogen-bond donors (Lipinski definition) is 2. The van der Waals surface area contributed by atoms with Gasteiger partial charge in [0.15, 0.2) is 0 Å². The Balaban J connectivity index is 2.22. The highest BCUT2D eigenvalue weighted by Crippen LogP contribution is 2.20. The van der Waals surface area contributed by atoms with Crippen molar-refractivity contribution >= 4 is 32.4 Å². The first-order chi connectivity index (χ1) is 12.3. The third-order valence-corrected chi connectivity index (χ3v) is 5.96. The maximum Gasteiger partial charge on any atom is 0.241 e. The summed E-state index contributed by atoms with van der Waals surface area (Å²) in [6.45, 7) is 1.74. The molecule has 0 aliphatic heterocycles. The summed E-state index contributed by atoms with van der Waals surface area (Å²) >= 11 is 0. The summed E-state index contributed by atoms with van der Waals surface area (Å²) in [5, 5.41) is 2.67. The van der Waals surface area contributed by atoms with Crippen LogP contribution in [0, 0.1) is 0 Å². The van der Waals surface area contributed by atoms with Crippen LogP contribution in [0.15, 0.2) is 59.5 Å². The minimum absolute atomic E-state index is 0.0785. The molecule has 0 saturated carbocycles. The summed E-state index contributed by atoms with van der Waals surface area (Å²) in [6.07, 6.45) is 1.88. The van der Waals surface area contributed by atoms with Crippen molar-refractivity contribution in [3.63, 3.8) is 0 Å². The van der Waals surface area contributed by atoms with Gasteiger partial charge in [-0.05, 0) is 29.8 Å². The quantitative estimate of drug-likeness (QED) is 0.719. The molecular formula is C18H22N2O4S2. The largest absolute Gasteiger partial charge is 0.326 e. The Bertz CT molecular complexity index is 866. The van der Waals surface area contributed by atoms with E-state index in [0.717, 1.165) is 5.56 Å². The summed E-state index contributed by atoms with van der Waals surface area (Å²) in [5.41, 5.74) is 1.28. The van der Waals surface area contributed by atoms with Crippen LogP contribution in [0.5, 0.6) is 0 Å². The van der Waals surface area contributed by atoms with Crippen molar-refractivity contribution < 1.29 is 17.4 Å². The number of carbonyl (C=O) groups excluding carboxylic acids is 1. The van der Waals surface area contributed by atoms with Crippen LogP contribution in [0.2, 0.25) is 0 Å². The number of carbonyl (C=O) groups is 1. The molecule has 2 rings (SSSR count). The molecule has 0 radical (unpaired) electrons. The van der Waals surface area contributed by atoms with Gasteiger partial charge in [-0.1, -0.05) is 37.3 Å². The van der Waals surface area contributed by atoms with Crippen LogP contribution in [0.3, 0.4) is 0 Å². The molecule has 0 bridgehead atoms. The number of benzene rings is 2. The van der Waals surface area contributed by atoms with Crippen LogP contribution in [-0.2, 0) is 25.6 Å². The zero-order valence-electron chi connectivity index (χ0n) is 14.6. The van der Waals surface area contributed by atoms with E-state index in [1.165, 1.54) is 30.5 Å². The first-order valence-corrected chi connectivity index (χ1v) is 11.3. The highest BCUT2D eigenvalue weighted by Gasteiger charge is 2.22. The molecule has 6 nitrogen and oxygen atoms in total. The molecule has 0 aromatic heterocycles. The van der Waals surface area contributed by atoms with E-state index in [9.17, 15) is 17.4 Å². The fourth-order valence-electron chi connectivity index (χ4n) is 2.34. The van der Waals surface area contributed by atoms with Crippen LogP contribution in [-0.4, -0.2) is 30.5 Å². The molecule has 26 heavy (non-hydrogen) atoms. The third-order valence-electron chi connectivity index (χ3n) is 3.67. The lowest BCUT2D eigenvalue weighted by Crippen LogP contribution is -2.32. The number of anilines is 1. The molecule has 0 heterocycles. The zero-order chi connectivity index (χ0) is 19.2. The molecule has 140 valence electrons. The fourth-order valence-corrected chi connectivity index (χ4v) is 4.42. The predicted octanol–water partition coefficient (Wildman–Crippen LogP) is 2.43. The van der Waals surface area contributed by atoms with E-state index in [1.807, 2.05) is 6.07 Å². The van der Waals surface area contributed by atoms with Crippen molar-refractivity contribution in [1.82, 2.24) is 4.72 Å². The van der Waals surface area contributed by atoms with Crippen molar-refractivity contribution in [1.29, 1.82) is 0 Å². The van der Waals surface area contributed by atoms with Crippen LogP contribution in [0.1, 0.15) is 24.9 Å². The average Bonchev–Trinajstić information content (AvgIpc) is 2.61. The minimum atomic E-state index is -3.80. The first kappa shape index (κ1) is 20.3. The second-order valence-electron chi connectivity index (χ2n) is 5.75. The first-order valence-electron chi connectivity index (χ1n) is 8.09. The van der Waals surface area contributed by atoms with Crippen LogP contribution in [0.4, 0.5) is 5.69 Å². The number of nitrogens with one attached hydrogen (secondary N) is 2. The van der Waals surface area contributed by atoms with Gasteiger partial charge in [-0.2, -0.15) is 0 Å². The van der Waals surface area contributed by atoms with E-state index in [4.69, 9.17) is 0 Å². The molecule has 1 amide bonds. The highest BCUT2D eigenvalue weighted by atomic mass is 32.2. The third kappa shape index (κ3) is 5.76. The van der Waals surface area contributed by atoms with Crippen LogP contribution < -0.4 is 10.0 Å². The Morgan fingerprint density at radius 3 is 2.23 bits per heavy atom. The van der Waals surface area contributed by atoms with Crippen molar-refractivity contribution in [3.05, 3.63) is 60.2 Å². The van der Waals surface area contributed by atoms with Crippen molar-refractivity contribution in [2.24, 2.45) is 0 Å². The van der Waals surface area contributed by atoms with Gasteiger partial charge in [0.25, 0.3) is 0 Å². The molecular weight excluding hydrogens is 372 g/mol. The minimum Gasteiger partial charge on any atom is -0.326 e. The van der Waals surface area contributed by atoms with Gasteiger partial charge in [0.1, 0.15) is 0 Å². The lowest BCUT2D eigenvalue weighted by molar-refractivity contribution is -0.115. The predicted molar refractivity (Wildman–Crippen MR) is 104 cm³/mol. The Kier molecular flexibility index (Phi) is 7.07. The van der Waals surface area contributed by atoms with E-state index >= 15 is 0 Å². The number of hydrogen-bond acceptors (Lipinski definition) is 4. The molecule has 2 atom stereocenters. The molecule has 0 spiro atoms. The summed E-state index contributed by atoms with van der Waals surface area (Å²) in [5.74, 6) is 0.0294. The molecule has 2 aromatic rings. The Morgan fingerprint density at radius 2 is 1.69 bits per heavy atom. The van der Waals surface area contributed by atoms with Gasteiger partial charge in [-0.25, -0.2) is 13.1 Å². The second-order valence-corrected chi connectivity index (χ2v) is 8.94. The normalized spacial score (nSPS) is 13.8. The second kappa shape index (κ2) is 9.07. The molecule has 0 saturated heterocycles. The van der Waals surface area contributed by atoms with E-state index in [0.29, 0.717) is 12.1 Å². The van der Waals surface area contributed by atoms with E-state index < -0.39 is 26.9 Å². The van der Waals surface area contributed by atoms with Crippen molar-refractivity contribution in [3.8, 4) is 0 Å². The number of sulfonamides is 1. The van der Waals surface area contributed by atoms with Gasteiger partial charge in [0.05, 0.1) is 10.9 Å². The van der Waals surface area contributed by atoms with Gasteiger partial charge in [-0.3, -0.25) is 9.00 Å². The Hall–Kier alpha value is -2.03. The van der Waals surface area contributed by atoms with Crippen molar-refractivity contribution in [2.45, 2.75) is 24.3 Å². The Morgan fingerprint density at radius 1 is 1.08 bits per heavy atom. The van der Waals surface area contributed by atoms with Gasteiger partial charge in [0.2, 0.25) is 15.9 Å². The van der Waals surface area contributed by atoms with E-state index in [-0.39, 0.29) is 16.6 Å². The average molecular weight is 395 g/mol. The van der Waals surface area contributed by atoms with E-state index in [1.54, 1.807) is 31.2 Å². The maximum atomic E-state index is 12.7. The number of amides is 1. The lowest BCUT2D eigenvalue weighted by atomic mass is 10.1. The molecule has 8 heteroatoms. The molecule has 0 aliphatic rings. The summed E-state index contributed by atoms with van der Waals surface area (Å²) < 4.78 is 39.7. The summed E-state index contributed by atoms with van der Waals surface area (Å²) in [6, 6.07) is 14.4. The maximum absolute atomic E-state index is 12.7. The van der Waals surface area contributed by atoms with Gasteiger partial charge in [-0.15, -0.1) is 0 Å². The van der Waals surface area contributed by atoms with Crippen LogP contribution >= 0.6 is 0 Å². The van der Waals surface area contributed by atoms with E-state index in [2.05, 4.69) is 10.0 Å². The molecule has 0 fully saturated rings. The topological polar surface area (TPSA) is 92.3 Å². The lowest BCUT2D eigenvalue weighted by Gasteiger charge is -2.18. The standard InChI is InChI=1S/C18H22N2O4S2/c1-3-18(21)19-15-9-11-16(12-10-15)26(23,24)20-17(13-25(2)22)14-7-5-4-6-8-14/h4-12,17,20H,3,13H2,1-2H3,(H,19,21)/t17-,25+/m1/s1. The monoisotopic (exact) mass is 394 g/mol. The van der Waals surface area contributed by atoms with Crippen molar-refractivity contribution in [2.75, 3.05) is 17.3 Å². The molecule has 2 N–H and O–H groups in total. The molecule has 0 unspecified atom stereocenters. The smallest absolute Gasteiger partial charge is 0.241 e. The Labute approximate surface area is 156 Å². The van der Waals surface area contributed by atoms with Gasteiger partial charge < -0.3 is 5.32 Å². The van der Waals surface area contributed by atoms with Crippen LogP contribution in [0.25, 0.3) is 0 Å². The molecule has 0 aliphatic carbocycles. The zero-order valence-corrected chi connectivity index (χ0v) is 16.3.